The molecule has 0 radical (unpaired) electrons. The lowest BCUT2D eigenvalue weighted by Gasteiger charge is -2.17. The number of carbonyl (C=O) groups is 2. The second-order valence-electron chi connectivity index (χ2n) is 6.29. The molecule has 1 aliphatic rings. The molecule has 3 aromatic rings. The third-order valence-electron chi connectivity index (χ3n) is 4.51. The molecule has 1 N–H and O–H groups in total. The third kappa shape index (κ3) is 3.55. The van der Waals surface area contributed by atoms with E-state index in [0.717, 1.165) is 23.2 Å². The number of benzene rings is 1. The molecule has 2 amide bonds. The van der Waals surface area contributed by atoms with Gasteiger partial charge in [0.15, 0.2) is 0 Å². The summed E-state index contributed by atoms with van der Waals surface area (Å²) in [6.45, 7) is 0.976. The Hall–Kier alpha value is -3.54. The first kappa shape index (κ1) is 16.9. The van der Waals surface area contributed by atoms with Crippen LogP contribution in [0, 0.1) is 0 Å². The number of para-hydroxylation sites is 1. The van der Waals surface area contributed by atoms with Crippen LogP contribution in [-0.4, -0.2) is 28.3 Å². The van der Waals surface area contributed by atoms with Gasteiger partial charge in [-0.3, -0.25) is 14.6 Å². The highest BCUT2D eigenvalue weighted by Crippen LogP contribution is 2.28. The van der Waals surface area contributed by atoms with Crippen LogP contribution in [-0.2, 0) is 13.0 Å². The number of carbonyl (C=O) groups excluding carboxylic acids is 2. The van der Waals surface area contributed by atoms with Crippen LogP contribution in [0.25, 0.3) is 0 Å². The van der Waals surface area contributed by atoms with E-state index in [1.807, 2.05) is 36.4 Å². The summed E-state index contributed by atoms with van der Waals surface area (Å²) < 4.78 is 0. The Kier molecular flexibility index (Phi) is 4.61. The molecule has 4 rings (SSSR count). The number of pyridine rings is 2. The van der Waals surface area contributed by atoms with Crippen molar-refractivity contribution >= 4 is 17.5 Å². The van der Waals surface area contributed by atoms with Crippen LogP contribution in [0.15, 0.2) is 67.0 Å². The number of nitrogens with zero attached hydrogens (tertiary/aromatic N) is 3. The normalized spacial score (nSPS) is 12.5. The van der Waals surface area contributed by atoms with Gasteiger partial charge in [-0.1, -0.05) is 30.3 Å². The third-order valence-corrected chi connectivity index (χ3v) is 4.51. The van der Waals surface area contributed by atoms with Gasteiger partial charge in [0.2, 0.25) is 0 Å². The number of amides is 2. The summed E-state index contributed by atoms with van der Waals surface area (Å²) in [7, 11) is 0. The van der Waals surface area contributed by atoms with E-state index in [9.17, 15) is 9.59 Å². The molecular formula is C21H18N4O2. The zero-order valence-corrected chi connectivity index (χ0v) is 14.6. The molecule has 0 saturated carbocycles. The van der Waals surface area contributed by atoms with E-state index >= 15 is 0 Å². The van der Waals surface area contributed by atoms with Gasteiger partial charge < -0.3 is 10.2 Å². The molecule has 1 aromatic carbocycles. The van der Waals surface area contributed by atoms with Crippen molar-refractivity contribution in [2.24, 2.45) is 0 Å². The second-order valence-corrected chi connectivity index (χ2v) is 6.29. The van der Waals surface area contributed by atoms with Gasteiger partial charge in [0.25, 0.3) is 11.8 Å². The second kappa shape index (κ2) is 7.37. The molecule has 6 heteroatoms. The summed E-state index contributed by atoms with van der Waals surface area (Å²) in [6.07, 6.45) is 4.20. The maximum atomic E-state index is 12.9. The number of fused-ring (bicyclic) bond motifs is 1. The number of hydrogen-bond acceptors (Lipinski definition) is 4. The summed E-state index contributed by atoms with van der Waals surface area (Å²) in [6, 6.07) is 16.5. The van der Waals surface area contributed by atoms with Gasteiger partial charge in [0.05, 0.1) is 0 Å². The van der Waals surface area contributed by atoms with E-state index in [2.05, 4.69) is 15.3 Å². The standard InChI is InChI=1S/C21H18N4O2/c26-20(23-14-15-5-4-11-22-13-15)17-7-3-8-18(24-17)21(27)25-12-10-16-6-1-2-9-19(16)25/h1-9,11,13H,10,12,14H2,(H,23,26). The van der Waals surface area contributed by atoms with Crippen molar-refractivity contribution in [2.75, 3.05) is 11.4 Å². The Morgan fingerprint density at radius 3 is 2.70 bits per heavy atom. The number of aromatic nitrogens is 2. The Balaban J connectivity index is 1.49. The average molecular weight is 358 g/mol. The Bertz CT molecular complexity index is 988. The van der Waals surface area contributed by atoms with Gasteiger partial charge in [-0.25, -0.2) is 4.98 Å². The highest BCUT2D eigenvalue weighted by Gasteiger charge is 2.26. The van der Waals surface area contributed by atoms with Crippen molar-refractivity contribution in [1.82, 2.24) is 15.3 Å². The minimum Gasteiger partial charge on any atom is -0.347 e. The molecule has 0 aliphatic carbocycles. The summed E-state index contributed by atoms with van der Waals surface area (Å²) >= 11 is 0. The van der Waals surface area contributed by atoms with Gasteiger partial charge in [-0.15, -0.1) is 0 Å². The molecule has 27 heavy (non-hydrogen) atoms. The number of hydrogen-bond donors (Lipinski definition) is 1. The molecule has 134 valence electrons. The molecule has 0 unspecified atom stereocenters. The van der Waals surface area contributed by atoms with Crippen molar-refractivity contribution in [3.05, 3.63) is 89.5 Å². The minimum absolute atomic E-state index is 0.193. The highest BCUT2D eigenvalue weighted by molar-refractivity contribution is 6.06. The van der Waals surface area contributed by atoms with Gasteiger partial charge in [-0.2, -0.15) is 0 Å². The molecular weight excluding hydrogens is 340 g/mol. The quantitative estimate of drug-likeness (QED) is 0.778. The van der Waals surface area contributed by atoms with Crippen LogP contribution in [0.2, 0.25) is 0 Å². The molecule has 0 spiro atoms. The maximum absolute atomic E-state index is 12.9. The molecule has 0 fully saturated rings. The van der Waals surface area contributed by atoms with Crippen LogP contribution < -0.4 is 10.2 Å². The SMILES string of the molecule is O=C(NCc1cccnc1)c1cccc(C(=O)N2CCc3ccccc32)n1. The molecule has 3 heterocycles. The van der Waals surface area contributed by atoms with Gasteiger partial charge in [-0.05, 0) is 41.8 Å². The predicted molar refractivity (Wildman–Crippen MR) is 101 cm³/mol. The summed E-state index contributed by atoms with van der Waals surface area (Å²) in [4.78, 5) is 35.3. The van der Waals surface area contributed by atoms with Gasteiger partial charge in [0.1, 0.15) is 11.4 Å². The van der Waals surface area contributed by atoms with E-state index in [1.54, 1.807) is 35.5 Å². The summed E-state index contributed by atoms with van der Waals surface area (Å²) in [5.41, 5.74) is 3.44. The fraction of sp³-hybridized carbons (Fsp3) is 0.143. The fourth-order valence-corrected chi connectivity index (χ4v) is 3.14. The topological polar surface area (TPSA) is 75.2 Å². The fourth-order valence-electron chi connectivity index (χ4n) is 3.14. The van der Waals surface area contributed by atoms with Crippen LogP contribution in [0.5, 0.6) is 0 Å². The van der Waals surface area contributed by atoms with Gasteiger partial charge in [0, 0.05) is 31.2 Å². The van der Waals surface area contributed by atoms with E-state index in [0.29, 0.717) is 13.1 Å². The lowest BCUT2D eigenvalue weighted by atomic mass is 10.2. The first-order chi connectivity index (χ1) is 13.2. The Morgan fingerprint density at radius 1 is 1.00 bits per heavy atom. The summed E-state index contributed by atoms with van der Waals surface area (Å²) in [5.74, 6) is -0.516. The maximum Gasteiger partial charge on any atom is 0.276 e. The molecule has 6 nitrogen and oxygen atoms in total. The van der Waals surface area contributed by atoms with Crippen LogP contribution in [0.3, 0.4) is 0 Å². The Labute approximate surface area is 156 Å². The van der Waals surface area contributed by atoms with E-state index in [1.165, 1.54) is 0 Å². The molecule has 2 aromatic heterocycles. The van der Waals surface area contributed by atoms with Crippen LogP contribution in [0.1, 0.15) is 32.1 Å². The lowest BCUT2D eigenvalue weighted by molar-refractivity contribution is 0.0945. The predicted octanol–water partition coefficient (Wildman–Crippen LogP) is 2.61. The van der Waals surface area contributed by atoms with Crippen molar-refractivity contribution in [2.45, 2.75) is 13.0 Å². The zero-order chi connectivity index (χ0) is 18.6. The first-order valence-electron chi connectivity index (χ1n) is 8.76. The monoisotopic (exact) mass is 358 g/mol. The summed E-state index contributed by atoms with van der Waals surface area (Å²) in [5, 5.41) is 2.80. The number of anilines is 1. The van der Waals surface area contributed by atoms with Crippen LogP contribution >= 0.6 is 0 Å². The zero-order valence-electron chi connectivity index (χ0n) is 14.6. The Morgan fingerprint density at radius 2 is 1.85 bits per heavy atom. The van der Waals surface area contributed by atoms with Crippen LogP contribution in [0.4, 0.5) is 5.69 Å². The van der Waals surface area contributed by atoms with E-state index in [-0.39, 0.29) is 23.2 Å². The van der Waals surface area contributed by atoms with Gasteiger partial charge >= 0.3 is 0 Å². The van der Waals surface area contributed by atoms with Crippen molar-refractivity contribution in [3.63, 3.8) is 0 Å². The largest absolute Gasteiger partial charge is 0.347 e. The molecule has 1 aliphatic heterocycles. The smallest absolute Gasteiger partial charge is 0.276 e. The lowest BCUT2D eigenvalue weighted by Crippen LogP contribution is -2.31. The minimum atomic E-state index is -0.324. The van der Waals surface area contributed by atoms with E-state index in [4.69, 9.17) is 0 Å². The van der Waals surface area contributed by atoms with Crippen molar-refractivity contribution in [3.8, 4) is 0 Å². The van der Waals surface area contributed by atoms with Crippen molar-refractivity contribution in [1.29, 1.82) is 0 Å². The molecule has 0 bridgehead atoms. The number of rotatable bonds is 4. The molecule has 0 atom stereocenters. The molecule has 0 saturated heterocycles. The van der Waals surface area contributed by atoms with Crippen molar-refractivity contribution < 1.29 is 9.59 Å². The average Bonchev–Trinajstić information content (AvgIpc) is 3.16. The first-order valence-corrected chi connectivity index (χ1v) is 8.76. The highest BCUT2D eigenvalue weighted by atomic mass is 16.2. The number of nitrogens with one attached hydrogen (secondary N) is 1. The van der Waals surface area contributed by atoms with E-state index < -0.39 is 0 Å².